The maximum atomic E-state index is 12.3. The molecule has 1 rings (SSSR count). The predicted molar refractivity (Wildman–Crippen MR) is 134 cm³/mol. The Morgan fingerprint density at radius 2 is 1.28 bits per heavy atom. The Hall–Kier alpha value is -3.04. The largest absolute Gasteiger partial charge is 0.462 e. The van der Waals surface area contributed by atoms with Crippen LogP contribution in [-0.4, -0.2) is 63.1 Å². The number of hydrogen-bond donors (Lipinski definition) is 2. The Labute approximate surface area is 214 Å². The van der Waals surface area contributed by atoms with E-state index in [1.54, 1.807) is 6.92 Å². The summed E-state index contributed by atoms with van der Waals surface area (Å²) in [6.45, 7) is 17.2. The van der Waals surface area contributed by atoms with Gasteiger partial charge in [-0.2, -0.15) is 0 Å². The molecule has 204 valence electrons. The van der Waals surface area contributed by atoms with Gasteiger partial charge < -0.3 is 29.6 Å². The molecule has 1 aliphatic carbocycles. The fourth-order valence-electron chi connectivity index (χ4n) is 4.46. The number of nitrogens with one attached hydrogen (secondary N) is 2. The fourth-order valence-corrected chi connectivity index (χ4v) is 4.46. The van der Waals surface area contributed by atoms with Crippen molar-refractivity contribution < 1.29 is 38.1 Å². The molecule has 0 saturated heterocycles. The molecule has 0 aromatic carbocycles. The van der Waals surface area contributed by atoms with Crippen molar-refractivity contribution in [2.75, 3.05) is 33.0 Å². The van der Waals surface area contributed by atoms with E-state index >= 15 is 0 Å². The summed E-state index contributed by atoms with van der Waals surface area (Å²) in [6, 6.07) is -0.109. The average molecular weight is 511 g/mol. The number of carbonyl (C=O) groups is 4. The highest BCUT2D eigenvalue weighted by molar-refractivity contribution is 5.87. The van der Waals surface area contributed by atoms with E-state index in [0.29, 0.717) is 31.4 Å². The molecule has 0 heterocycles. The van der Waals surface area contributed by atoms with Crippen LogP contribution in [0.1, 0.15) is 66.7 Å². The van der Waals surface area contributed by atoms with E-state index in [9.17, 15) is 19.2 Å². The Balaban J connectivity index is 2.39. The predicted octanol–water partition coefficient (Wildman–Crippen LogP) is 4.04. The first-order valence-corrected chi connectivity index (χ1v) is 12.2. The summed E-state index contributed by atoms with van der Waals surface area (Å²) in [4.78, 5) is 47.0. The molecular formula is C26H42N2O8. The Morgan fingerprint density at radius 1 is 0.778 bits per heavy atom. The molecular weight excluding hydrogens is 468 g/mol. The van der Waals surface area contributed by atoms with Crippen LogP contribution in [0.5, 0.6) is 0 Å². The fraction of sp³-hybridized carbons (Fsp3) is 0.692. The summed E-state index contributed by atoms with van der Waals surface area (Å²) in [6.07, 6.45) is 2.38. The van der Waals surface area contributed by atoms with Gasteiger partial charge in [-0.25, -0.2) is 19.2 Å². The minimum Gasteiger partial charge on any atom is -0.462 e. The second kappa shape index (κ2) is 14.5. The highest BCUT2D eigenvalue weighted by Gasteiger charge is 2.42. The van der Waals surface area contributed by atoms with E-state index in [1.165, 1.54) is 6.92 Å². The number of ether oxygens (including phenoxy) is 4. The van der Waals surface area contributed by atoms with Crippen LogP contribution < -0.4 is 10.6 Å². The summed E-state index contributed by atoms with van der Waals surface area (Å²) in [5.74, 6) is -0.958. The summed E-state index contributed by atoms with van der Waals surface area (Å²) >= 11 is 0. The van der Waals surface area contributed by atoms with Crippen molar-refractivity contribution in [2.45, 2.75) is 72.8 Å². The Kier molecular flexibility index (Phi) is 12.5. The second-order valence-electron chi connectivity index (χ2n) is 10.6. The number of rotatable bonds is 13. The topological polar surface area (TPSA) is 129 Å². The lowest BCUT2D eigenvalue weighted by Crippen LogP contribution is -2.50. The van der Waals surface area contributed by atoms with E-state index in [1.807, 2.05) is 0 Å². The van der Waals surface area contributed by atoms with Crippen LogP contribution in [0.15, 0.2) is 24.3 Å². The third kappa shape index (κ3) is 12.6. The number of esters is 2. The summed E-state index contributed by atoms with van der Waals surface area (Å²) in [7, 11) is 0. The van der Waals surface area contributed by atoms with Gasteiger partial charge in [0.2, 0.25) is 0 Å². The van der Waals surface area contributed by atoms with Crippen LogP contribution in [0, 0.1) is 10.8 Å². The number of hydrogen-bond acceptors (Lipinski definition) is 8. The molecule has 2 atom stereocenters. The molecule has 0 aromatic rings. The van der Waals surface area contributed by atoms with Crippen molar-refractivity contribution in [2.24, 2.45) is 10.8 Å². The first kappa shape index (κ1) is 31.0. The van der Waals surface area contributed by atoms with Gasteiger partial charge in [-0.05, 0) is 56.8 Å². The van der Waals surface area contributed by atoms with Crippen LogP contribution in [0.2, 0.25) is 0 Å². The zero-order chi connectivity index (χ0) is 27.4. The van der Waals surface area contributed by atoms with Crippen LogP contribution >= 0.6 is 0 Å². The maximum absolute atomic E-state index is 12.3. The van der Waals surface area contributed by atoms with Gasteiger partial charge in [0.15, 0.2) is 0 Å². The van der Waals surface area contributed by atoms with Crippen LogP contribution in [0.25, 0.3) is 0 Å². The lowest BCUT2D eigenvalue weighted by atomic mass is 9.62. The van der Waals surface area contributed by atoms with Gasteiger partial charge in [0.05, 0.1) is 13.2 Å². The van der Waals surface area contributed by atoms with Crippen molar-refractivity contribution in [3.63, 3.8) is 0 Å². The second-order valence-corrected chi connectivity index (χ2v) is 10.6. The quantitative estimate of drug-likeness (QED) is 0.164. The molecule has 2 amide bonds. The zero-order valence-electron chi connectivity index (χ0n) is 22.3. The van der Waals surface area contributed by atoms with E-state index in [4.69, 9.17) is 18.9 Å². The molecule has 2 N–H and O–H groups in total. The maximum Gasteiger partial charge on any atom is 0.407 e. The molecule has 0 spiro atoms. The highest BCUT2D eigenvalue weighted by atomic mass is 16.6. The summed E-state index contributed by atoms with van der Waals surface area (Å²) < 4.78 is 20.3. The molecule has 0 radical (unpaired) electrons. The first-order chi connectivity index (χ1) is 16.7. The minimum absolute atomic E-state index is 0.0445. The molecule has 10 heteroatoms. The standard InChI is InChI=1S/C26H42N2O8/c1-18(2)21(29)33-10-8-9-11-35-24(32)28-20-14-25(5,6)16-26(7,15-20)17-27-23(31)36-13-12-34-22(30)19(3)4/h20H,1,3,8-17H2,2,4-7H3,(H,27,31)(H,28,32). The van der Waals surface area contributed by atoms with E-state index in [2.05, 4.69) is 44.6 Å². The molecule has 0 aromatic heterocycles. The normalized spacial score (nSPS) is 20.4. The van der Waals surface area contributed by atoms with Crippen molar-refractivity contribution >= 4 is 24.1 Å². The van der Waals surface area contributed by atoms with E-state index < -0.39 is 24.1 Å². The average Bonchev–Trinajstić information content (AvgIpc) is 2.75. The van der Waals surface area contributed by atoms with E-state index in [0.717, 1.165) is 12.8 Å². The molecule has 0 bridgehead atoms. The van der Waals surface area contributed by atoms with Crippen molar-refractivity contribution in [1.82, 2.24) is 10.6 Å². The highest BCUT2D eigenvalue weighted by Crippen LogP contribution is 2.45. The van der Waals surface area contributed by atoms with Crippen molar-refractivity contribution in [1.29, 1.82) is 0 Å². The van der Waals surface area contributed by atoms with Crippen LogP contribution in [0.4, 0.5) is 9.59 Å². The number of amides is 2. The summed E-state index contributed by atoms with van der Waals surface area (Å²) in [5, 5.41) is 5.72. The van der Waals surface area contributed by atoms with Crippen molar-refractivity contribution in [3.05, 3.63) is 24.3 Å². The minimum atomic E-state index is -0.594. The lowest BCUT2D eigenvalue weighted by molar-refractivity contribution is -0.140. The molecule has 1 aliphatic rings. The van der Waals surface area contributed by atoms with Gasteiger partial charge in [0.25, 0.3) is 0 Å². The summed E-state index contributed by atoms with van der Waals surface area (Å²) in [5.41, 5.74) is 0.307. The van der Waals surface area contributed by atoms with Gasteiger partial charge in [-0.15, -0.1) is 0 Å². The molecule has 1 saturated carbocycles. The van der Waals surface area contributed by atoms with Gasteiger partial charge in [-0.3, -0.25) is 0 Å². The van der Waals surface area contributed by atoms with Crippen LogP contribution in [-0.2, 0) is 28.5 Å². The van der Waals surface area contributed by atoms with Gasteiger partial charge in [0, 0.05) is 23.7 Å². The molecule has 10 nitrogen and oxygen atoms in total. The molecule has 2 unspecified atom stereocenters. The third-order valence-corrected chi connectivity index (χ3v) is 5.68. The zero-order valence-corrected chi connectivity index (χ0v) is 22.3. The molecule has 1 fully saturated rings. The monoisotopic (exact) mass is 510 g/mol. The smallest absolute Gasteiger partial charge is 0.407 e. The van der Waals surface area contributed by atoms with Gasteiger partial charge in [0.1, 0.15) is 13.2 Å². The number of alkyl carbamates (subject to hydrolysis) is 2. The lowest BCUT2D eigenvalue weighted by Gasteiger charge is -2.46. The number of carbonyl (C=O) groups excluding carboxylic acids is 4. The number of unbranched alkanes of at least 4 members (excludes halogenated alkanes) is 1. The third-order valence-electron chi connectivity index (χ3n) is 5.68. The Morgan fingerprint density at radius 3 is 1.86 bits per heavy atom. The van der Waals surface area contributed by atoms with Gasteiger partial charge >= 0.3 is 24.1 Å². The van der Waals surface area contributed by atoms with Crippen molar-refractivity contribution in [3.8, 4) is 0 Å². The first-order valence-electron chi connectivity index (χ1n) is 12.2. The van der Waals surface area contributed by atoms with E-state index in [-0.39, 0.29) is 48.9 Å². The molecule has 36 heavy (non-hydrogen) atoms. The Bertz CT molecular complexity index is 823. The van der Waals surface area contributed by atoms with Crippen LogP contribution in [0.3, 0.4) is 0 Å². The molecule has 0 aliphatic heterocycles. The van der Waals surface area contributed by atoms with Gasteiger partial charge in [-0.1, -0.05) is 33.9 Å². The SMILES string of the molecule is C=C(C)C(=O)OCCCCOC(=O)NC1CC(C)(C)CC(C)(CNC(=O)OCCOC(=O)C(=C)C)C1.